The molecule has 0 radical (unpaired) electrons. The number of ether oxygens (including phenoxy) is 1. The van der Waals surface area contributed by atoms with E-state index in [0.717, 1.165) is 0 Å². The van der Waals surface area contributed by atoms with Gasteiger partial charge in [0, 0.05) is 24.5 Å². The van der Waals surface area contributed by atoms with E-state index in [-0.39, 0.29) is 39.7 Å². The average molecular weight is 406 g/mol. The third kappa shape index (κ3) is 3.10. The van der Waals surface area contributed by atoms with E-state index in [0.29, 0.717) is 24.2 Å². The number of ketones is 1. The summed E-state index contributed by atoms with van der Waals surface area (Å²) in [6.07, 6.45) is 2.26. The first-order chi connectivity index (χ1) is 14.2. The molecule has 2 aromatic rings. The van der Waals surface area contributed by atoms with Gasteiger partial charge in [-0.3, -0.25) is 14.9 Å². The lowest BCUT2D eigenvalue weighted by Gasteiger charge is -2.36. The second kappa shape index (κ2) is 6.81. The van der Waals surface area contributed by atoms with Gasteiger partial charge in [-0.15, -0.1) is 5.10 Å². The summed E-state index contributed by atoms with van der Waals surface area (Å²) in [6.45, 7) is 3.91. The number of aromatic nitrogens is 3. The molecule has 1 unspecified atom stereocenters. The van der Waals surface area contributed by atoms with Gasteiger partial charge in [0.2, 0.25) is 5.88 Å². The fraction of sp³-hybridized carbons (Fsp3) is 0.300. The summed E-state index contributed by atoms with van der Waals surface area (Å²) in [5.41, 5.74) is 6.45. The predicted molar refractivity (Wildman–Crippen MR) is 104 cm³/mol. The second-order valence-electron chi connectivity index (χ2n) is 8.04. The number of nitro groups is 1. The largest absolute Gasteiger partial charge is 0.444 e. The standard InChI is InChI=1S/C20H18N6O4/c1-20(2)7-15(27)18-16(8-20)30-19(22)11(9-21)17(18)12-10-25(24-23-12)13-5-3-4-6-14(13)26(28)29/h3-6,10,17H,7-8,22H2,1-2H3. The Hall–Kier alpha value is -4.00. The van der Waals surface area contributed by atoms with E-state index < -0.39 is 10.8 Å². The fourth-order valence-corrected chi connectivity index (χ4v) is 3.92. The molecular formula is C20H18N6O4. The Kier molecular flexibility index (Phi) is 4.38. The zero-order chi connectivity index (χ0) is 21.6. The number of rotatable bonds is 3. The van der Waals surface area contributed by atoms with E-state index in [1.165, 1.54) is 23.0 Å². The van der Waals surface area contributed by atoms with Crippen LogP contribution in [0.4, 0.5) is 5.69 Å². The molecule has 10 heteroatoms. The summed E-state index contributed by atoms with van der Waals surface area (Å²) >= 11 is 0. The molecule has 1 aromatic heterocycles. The highest BCUT2D eigenvalue weighted by molar-refractivity contribution is 5.99. The number of carbonyl (C=O) groups excluding carboxylic acids is 1. The first-order valence-corrected chi connectivity index (χ1v) is 9.22. The van der Waals surface area contributed by atoms with Gasteiger partial charge in [0.15, 0.2) is 5.78 Å². The van der Waals surface area contributed by atoms with Crippen molar-refractivity contribution in [3.63, 3.8) is 0 Å². The highest BCUT2D eigenvalue weighted by Crippen LogP contribution is 2.47. The van der Waals surface area contributed by atoms with Crippen molar-refractivity contribution < 1.29 is 14.5 Å². The summed E-state index contributed by atoms with van der Waals surface area (Å²) in [5.74, 6) is -0.629. The van der Waals surface area contributed by atoms with Crippen LogP contribution in [0.1, 0.15) is 38.3 Å². The number of nitriles is 1. The van der Waals surface area contributed by atoms with E-state index in [2.05, 4.69) is 10.3 Å². The molecule has 2 heterocycles. The Balaban J connectivity index is 1.84. The van der Waals surface area contributed by atoms with Gasteiger partial charge in [0.25, 0.3) is 5.69 Å². The van der Waals surface area contributed by atoms with Crippen LogP contribution >= 0.6 is 0 Å². The maximum Gasteiger partial charge on any atom is 0.294 e. The Morgan fingerprint density at radius 3 is 2.80 bits per heavy atom. The van der Waals surface area contributed by atoms with Crippen LogP contribution in [0, 0.1) is 26.9 Å². The van der Waals surface area contributed by atoms with E-state index in [1.807, 2.05) is 19.9 Å². The SMILES string of the molecule is CC1(C)CC(=O)C2=C(C1)OC(N)=C(C#N)C2c1cn(-c2ccccc2[N+](=O)[O-])nn1. The minimum Gasteiger partial charge on any atom is -0.444 e. The van der Waals surface area contributed by atoms with Crippen LogP contribution in [0.25, 0.3) is 5.69 Å². The van der Waals surface area contributed by atoms with Gasteiger partial charge < -0.3 is 10.5 Å². The second-order valence-corrected chi connectivity index (χ2v) is 8.04. The number of para-hydroxylation sites is 2. The smallest absolute Gasteiger partial charge is 0.294 e. The van der Waals surface area contributed by atoms with E-state index in [9.17, 15) is 20.2 Å². The molecule has 0 saturated carbocycles. The van der Waals surface area contributed by atoms with E-state index >= 15 is 0 Å². The Labute approximate surface area is 171 Å². The Bertz CT molecular complexity index is 1180. The van der Waals surface area contributed by atoms with Crippen molar-refractivity contribution in [1.82, 2.24) is 15.0 Å². The van der Waals surface area contributed by atoms with Crippen LogP contribution in [-0.4, -0.2) is 25.7 Å². The molecule has 4 rings (SSSR count). The van der Waals surface area contributed by atoms with Gasteiger partial charge in [0.05, 0.1) is 22.7 Å². The number of nitrogens with zero attached hydrogens (tertiary/aromatic N) is 5. The monoisotopic (exact) mass is 406 g/mol. The maximum atomic E-state index is 13.0. The maximum absolute atomic E-state index is 13.0. The third-order valence-electron chi connectivity index (χ3n) is 5.21. The van der Waals surface area contributed by atoms with Crippen LogP contribution in [0.2, 0.25) is 0 Å². The van der Waals surface area contributed by atoms with Gasteiger partial charge >= 0.3 is 0 Å². The first-order valence-electron chi connectivity index (χ1n) is 9.22. The predicted octanol–water partition coefficient (Wildman–Crippen LogP) is 2.63. The first kappa shape index (κ1) is 19.3. The minimum atomic E-state index is -0.834. The number of Topliss-reactive ketones (excluding diaryl/α,β-unsaturated/α-hetero) is 1. The molecule has 1 aliphatic heterocycles. The molecular weight excluding hydrogens is 388 g/mol. The zero-order valence-corrected chi connectivity index (χ0v) is 16.3. The number of benzene rings is 1. The topological polar surface area (TPSA) is 150 Å². The molecule has 1 aromatic carbocycles. The number of carbonyl (C=O) groups is 1. The van der Waals surface area contributed by atoms with Crippen LogP contribution in [0.15, 0.2) is 53.3 Å². The zero-order valence-electron chi connectivity index (χ0n) is 16.3. The van der Waals surface area contributed by atoms with Gasteiger partial charge in [0.1, 0.15) is 23.1 Å². The van der Waals surface area contributed by atoms with E-state index in [1.54, 1.807) is 12.1 Å². The Morgan fingerprint density at radius 1 is 1.37 bits per heavy atom. The molecule has 10 nitrogen and oxygen atoms in total. The van der Waals surface area contributed by atoms with Gasteiger partial charge in [-0.1, -0.05) is 31.2 Å². The Morgan fingerprint density at radius 2 is 2.10 bits per heavy atom. The van der Waals surface area contributed by atoms with Crippen molar-refractivity contribution in [3.05, 3.63) is 69.1 Å². The van der Waals surface area contributed by atoms with Crippen molar-refractivity contribution in [3.8, 4) is 11.8 Å². The molecule has 0 fully saturated rings. The fourth-order valence-electron chi connectivity index (χ4n) is 3.92. The quantitative estimate of drug-likeness (QED) is 0.603. The van der Waals surface area contributed by atoms with Gasteiger partial charge in [-0.2, -0.15) is 5.26 Å². The normalized spacial score (nSPS) is 20.4. The van der Waals surface area contributed by atoms with Crippen LogP contribution < -0.4 is 5.73 Å². The van der Waals surface area contributed by atoms with Crippen molar-refractivity contribution in [2.75, 3.05) is 0 Å². The van der Waals surface area contributed by atoms with Crippen molar-refractivity contribution in [2.45, 2.75) is 32.6 Å². The molecule has 2 aliphatic rings. The number of hydrogen-bond donors (Lipinski definition) is 1. The summed E-state index contributed by atoms with van der Waals surface area (Å²) in [7, 11) is 0. The molecule has 0 spiro atoms. The molecule has 152 valence electrons. The van der Waals surface area contributed by atoms with Crippen molar-refractivity contribution >= 4 is 11.5 Å². The molecule has 30 heavy (non-hydrogen) atoms. The van der Waals surface area contributed by atoms with Gasteiger partial charge in [-0.05, 0) is 11.5 Å². The van der Waals surface area contributed by atoms with Crippen LogP contribution in [-0.2, 0) is 9.53 Å². The molecule has 2 N–H and O–H groups in total. The van der Waals surface area contributed by atoms with Crippen LogP contribution in [0.3, 0.4) is 0 Å². The van der Waals surface area contributed by atoms with Crippen molar-refractivity contribution in [1.29, 1.82) is 5.26 Å². The number of nitro benzene ring substituents is 1. The average Bonchev–Trinajstić information content (AvgIpc) is 3.15. The summed E-state index contributed by atoms with van der Waals surface area (Å²) in [6, 6.07) is 8.10. The third-order valence-corrected chi connectivity index (χ3v) is 5.21. The van der Waals surface area contributed by atoms with Crippen LogP contribution in [0.5, 0.6) is 0 Å². The molecule has 0 bridgehead atoms. The minimum absolute atomic E-state index is 0.0661. The highest BCUT2D eigenvalue weighted by Gasteiger charge is 2.44. The molecule has 1 aliphatic carbocycles. The molecule has 0 amide bonds. The number of nitrogens with two attached hydrogens (primary N) is 1. The lowest BCUT2D eigenvalue weighted by Crippen LogP contribution is -2.33. The summed E-state index contributed by atoms with van der Waals surface area (Å²) < 4.78 is 6.90. The van der Waals surface area contributed by atoms with Crippen molar-refractivity contribution in [2.24, 2.45) is 11.1 Å². The molecule has 0 saturated heterocycles. The number of allylic oxidation sites excluding steroid dienone is 3. The number of hydrogen-bond acceptors (Lipinski definition) is 8. The summed E-state index contributed by atoms with van der Waals surface area (Å²) in [5, 5.41) is 29.1. The lowest BCUT2D eigenvalue weighted by atomic mass is 9.71. The lowest BCUT2D eigenvalue weighted by molar-refractivity contribution is -0.384. The molecule has 1 atom stereocenters. The van der Waals surface area contributed by atoms with E-state index in [4.69, 9.17) is 10.5 Å². The van der Waals surface area contributed by atoms with Gasteiger partial charge in [-0.25, -0.2) is 4.68 Å². The highest BCUT2D eigenvalue weighted by atomic mass is 16.6. The summed E-state index contributed by atoms with van der Waals surface area (Å²) in [4.78, 5) is 23.8.